The van der Waals surface area contributed by atoms with Gasteiger partial charge in [-0.3, -0.25) is 4.79 Å². The van der Waals surface area contributed by atoms with Crippen LogP contribution < -0.4 is 10.7 Å². The Morgan fingerprint density at radius 1 is 1.19 bits per heavy atom. The van der Waals surface area contributed by atoms with E-state index in [0.29, 0.717) is 11.0 Å². The van der Waals surface area contributed by atoms with Gasteiger partial charge >= 0.3 is 0 Å². The molecule has 1 aliphatic heterocycles. The highest BCUT2D eigenvalue weighted by molar-refractivity contribution is 8.00. The summed E-state index contributed by atoms with van der Waals surface area (Å²) in [6.07, 6.45) is 0. The van der Waals surface area contributed by atoms with Gasteiger partial charge in [0.05, 0.1) is 6.04 Å². The number of thioether (sulfide) groups is 1. The van der Waals surface area contributed by atoms with Crippen LogP contribution in [0.3, 0.4) is 0 Å². The second kappa shape index (κ2) is 7.03. The van der Waals surface area contributed by atoms with Gasteiger partial charge in [-0.25, -0.2) is 9.07 Å². The zero-order valence-corrected chi connectivity index (χ0v) is 15.6. The van der Waals surface area contributed by atoms with Crippen LogP contribution >= 0.6 is 11.8 Å². The van der Waals surface area contributed by atoms with Crippen LogP contribution in [0.2, 0.25) is 0 Å². The highest BCUT2D eigenvalue weighted by Crippen LogP contribution is 2.37. The first kappa shape index (κ1) is 17.5. The zero-order valence-electron chi connectivity index (χ0n) is 14.8. The number of nitrogens with zero attached hydrogens (tertiary/aromatic N) is 3. The minimum atomic E-state index is -0.493. The summed E-state index contributed by atoms with van der Waals surface area (Å²) in [5, 5.41) is 11.3. The van der Waals surface area contributed by atoms with Crippen LogP contribution in [0.25, 0.3) is 0 Å². The average Bonchev–Trinajstić information content (AvgIpc) is 3.02. The van der Waals surface area contributed by atoms with E-state index in [2.05, 4.69) is 20.9 Å². The maximum Gasteiger partial charge on any atom is 0.240 e. The Morgan fingerprint density at radius 3 is 2.70 bits per heavy atom. The number of carbonyl (C=O) groups is 1. The Bertz CT molecular complexity index is 988. The first-order valence-electron chi connectivity index (χ1n) is 8.49. The number of fused-ring (bicyclic) bond motifs is 1. The summed E-state index contributed by atoms with van der Waals surface area (Å²) in [6.45, 7) is 3.80. The molecule has 0 aliphatic carbocycles. The van der Waals surface area contributed by atoms with E-state index in [0.717, 1.165) is 16.8 Å². The molecule has 1 amide bonds. The fourth-order valence-electron chi connectivity index (χ4n) is 3.02. The number of hydrogen-bond acceptors (Lipinski definition) is 5. The minimum Gasteiger partial charge on any atom is -0.325 e. The van der Waals surface area contributed by atoms with Crippen molar-refractivity contribution < 1.29 is 9.18 Å². The number of benzene rings is 2. The Morgan fingerprint density at radius 2 is 1.96 bits per heavy atom. The molecule has 2 aromatic carbocycles. The van der Waals surface area contributed by atoms with Crippen molar-refractivity contribution in [3.8, 4) is 0 Å². The van der Waals surface area contributed by atoms with Gasteiger partial charge in [0, 0.05) is 5.69 Å². The molecule has 6 nitrogen and oxygen atoms in total. The summed E-state index contributed by atoms with van der Waals surface area (Å²) < 4.78 is 15.1. The molecule has 1 aliphatic rings. The fourth-order valence-corrected chi connectivity index (χ4v) is 4.14. The second-order valence-electron chi connectivity index (χ2n) is 6.42. The van der Waals surface area contributed by atoms with Gasteiger partial charge in [-0.2, -0.15) is 0 Å². The lowest BCUT2D eigenvalue weighted by molar-refractivity contribution is -0.116. The van der Waals surface area contributed by atoms with E-state index in [9.17, 15) is 9.18 Å². The van der Waals surface area contributed by atoms with E-state index in [1.54, 1.807) is 16.8 Å². The molecule has 0 spiro atoms. The smallest absolute Gasteiger partial charge is 0.240 e. The topological polar surface area (TPSA) is 71.8 Å². The highest BCUT2D eigenvalue weighted by atomic mass is 32.2. The molecular formula is C19H18FN5OS. The molecule has 8 heteroatoms. The molecule has 27 heavy (non-hydrogen) atoms. The molecule has 4 rings (SSSR count). The average molecular weight is 383 g/mol. The third kappa shape index (κ3) is 3.52. The Kier molecular flexibility index (Phi) is 4.57. The van der Waals surface area contributed by atoms with Gasteiger partial charge in [-0.15, -0.1) is 10.2 Å². The van der Waals surface area contributed by atoms with Gasteiger partial charge in [0.15, 0.2) is 0 Å². The zero-order chi connectivity index (χ0) is 19.0. The number of nitrogens with one attached hydrogen (secondary N) is 2. The van der Waals surface area contributed by atoms with Crippen molar-refractivity contribution >= 4 is 23.4 Å². The van der Waals surface area contributed by atoms with E-state index < -0.39 is 5.25 Å². The van der Waals surface area contributed by atoms with Crippen LogP contribution in [0, 0.1) is 19.7 Å². The lowest BCUT2D eigenvalue weighted by Gasteiger charge is -2.32. The summed E-state index contributed by atoms with van der Waals surface area (Å²) in [5.74, 6) is 0.227. The van der Waals surface area contributed by atoms with Crippen molar-refractivity contribution in [1.82, 2.24) is 14.9 Å². The molecule has 0 saturated heterocycles. The summed E-state index contributed by atoms with van der Waals surface area (Å²) in [4.78, 5) is 13.0. The van der Waals surface area contributed by atoms with E-state index in [1.165, 1.54) is 23.9 Å². The van der Waals surface area contributed by atoms with Crippen LogP contribution in [-0.2, 0) is 4.79 Å². The van der Waals surface area contributed by atoms with E-state index in [1.807, 2.05) is 38.1 Å². The van der Waals surface area contributed by atoms with E-state index in [-0.39, 0.29) is 17.8 Å². The third-order valence-corrected chi connectivity index (χ3v) is 5.59. The Balaban J connectivity index is 1.66. The summed E-state index contributed by atoms with van der Waals surface area (Å²) in [6, 6.07) is 13.4. The largest absolute Gasteiger partial charge is 0.325 e. The van der Waals surface area contributed by atoms with E-state index in [4.69, 9.17) is 0 Å². The summed E-state index contributed by atoms with van der Waals surface area (Å²) in [7, 11) is 0. The van der Waals surface area contributed by atoms with Crippen molar-refractivity contribution in [2.24, 2.45) is 0 Å². The number of amides is 1. The van der Waals surface area contributed by atoms with Crippen LogP contribution in [0.5, 0.6) is 0 Å². The van der Waals surface area contributed by atoms with Gasteiger partial charge in [-0.05, 0) is 49.2 Å². The summed E-state index contributed by atoms with van der Waals surface area (Å²) >= 11 is 1.34. The number of aromatic nitrogens is 3. The van der Waals surface area contributed by atoms with Crippen molar-refractivity contribution in [1.29, 1.82) is 0 Å². The molecule has 1 aromatic heterocycles. The number of anilines is 1. The SMILES string of the molecule is Cc1cccc(NC(=O)[C@@H]2Sc3nnc(C)n3N[C@@H]2c2ccc(F)cc2)c1. The monoisotopic (exact) mass is 383 g/mol. The lowest BCUT2D eigenvalue weighted by atomic mass is 10.0. The van der Waals surface area contributed by atoms with Crippen LogP contribution in [-0.4, -0.2) is 26.0 Å². The van der Waals surface area contributed by atoms with Gasteiger partial charge < -0.3 is 10.7 Å². The normalized spacial score (nSPS) is 18.5. The molecule has 2 N–H and O–H groups in total. The molecule has 0 saturated carbocycles. The Labute approximate surface area is 160 Å². The molecule has 2 heterocycles. The molecule has 3 aromatic rings. The van der Waals surface area contributed by atoms with Gasteiger partial charge in [0.2, 0.25) is 11.1 Å². The minimum absolute atomic E-state index is 0.153. The number of rotatable bonds is 3. The molecule has 0 unspecified atom stereocenters. The van der Waals surface area contributed by atoms with Crippen LogP contribution in [0.4, 0.5) is 10.1 Å². The fraction of sp³-hybridized carbons (Fsp3) is 0.211. The molecule has 2 atom stereocenters. The van der Waals surface area contributed by atoms with Gasteiger partial charge in [-0.1, -0.05) is 36.0 Å². The highest BCUT2D eigenvalue weighted by Gasteiger charge is 2.37. The number of aryl methyl sites for hydroxylation is 2. The summed E-state index contributed by atoms with van der Waals surface area (Å²) in [5.41, 5.74) is 5.91. The molecule has 0 bridgehead atoms. The number of carbonyl (C=O) groups excluding carboxylic acids is 1. The number of halogens is 1. The molecule has 0 fully saturated rings. The van der Waals surface area contributed by atoms with Gasteiger partial charge in [0.1, 0.15) is 16.9 Å². The molecular weight excluding hydrogens is 365 g/mol. The van der Waals surface area contributed by atoms with Crippen LogP contribution in [0.1, 0.15) is 23.0 Å². The van der Waals surface area contributed by atoms with Crippen molar-refractivity contribution in [3.05, 3.63) is 71.3 Å². The van der Waals surface area contributed by atoms with Crippen molar-refractivity contribution in [2.75, 3.05) is 10.7 Å². The third-order valence-electron chi connectivity index (χ3n) is 4.37. The lowest BCUT2D eigenvalue weighted by Crippen LogP contribution is -2.41. The first-order valence-corrected chi connectivity index (χ1v) is 9.37. The first-order chi connectivity index (χ1) is 13.0. The molecule has 0 radical (unpaired) electrons. The molecule has 138 valence electrons. The van der Waals surface area contributed by atoms with Gasteiger partial charge in [0.25, 0.3) is 0 Å². The number of hydrogen-bond donors (Lipinski definition) is 2. The maximum atomic E-state index is 13.4. The van der Waals surface area contributed by atoms with Crippen molar-refractivity contribution in [2.45, 2.75) is 30.3 Å². The van der Waals surface area contributed by atoms with Crippen LogP contribution in [0.15, 0.2) is 53.7 Å². The predicted octanol–water partition coefficient (Wildman–Crippen LogP) is 3.43. The second-order valence-corrected chi connectivity index (χ2v) is 7.53. The predicted molar refractivity (Wildman–Crippen MR) is 103 cm³/mol. The van der Waals surface area contributed by atoms with Crippen molar-refractivity contribution in [3.63, 3.8) is 0 Å². The Hall–Kier alpha value is -2.87. The quantitative estimate of drug-likeness (QED) is 0.725. The van der Waals surface area contributed by atoms with E-state index >= 15 is 0 Å². The standard InChI is InChI=1S/C19H18FN5OS/c1-11-4-3-5-15(10-11)21-18(26)17-16(13-6-8-14(20)9-7-13)24-25-12(2)22-23-19(25)27-17/h3-10,16-17,24H,1-2H3,(H,21,26)/t16-,17-/m1/s1. The maximum absolute atomic E-state index is 13.4.